The molecule has 2 nitrogen and oxygen atoms in total. The van der Waals surface area contributed by atoms with Gasteiger partial charge < -0.3 is 0 Å². The first-order chi connectivity index (χ1) is 50.1. The van der Waals surface area contributed by atoms with Crippen LogP contribution in [0.15, 0.2) is 243 Å². The molecule has 13 aromatic carbocycles. The van der Waals surface area contributed by atoms with Crippen LogP contribution in [-0.4, -0.2) is 9.97 Å². The molecule has 0 aliphatic heterocycles. The summed E-state index contributed by atoms with van der Waals surface area (Å²) in [5.74, 6) is 0.252. The Bertz CT molecular complexity index is 5730. The zero-order valence-electron chi connectivity index (χ0n) is 63.6. The topological polar surface area (TPSA) is 25.8 Å². The first-order valence-corrected chi connectivity index (χ1v) is 38.8. The van der Waals surface area contributed by atoms with Crippen LogP contribution in [0.25, 0.3) is 131 Å². The van der Waals surface area contributed by atoms with E-state index in [0.29, 0.717) is 0 Å². The lowest BCUT2D eigenvalue weighted by atomic mass is 9.82. The minimum Gasteiger partial charge on any atom is -0.242 e. The molecule has 0 saturated heterocycles. The van der Waals surface area contributed by atoms with Crippen LogP contribution in [0.4, 0.5) is 0 Å². The molecule has 514 valence electrons. The number of rotatable bonds is 6. The third kappa shape index (κ3) is 9.92. The Balaban J connectivity index is 0.813. The van der Waals surface area contributed by atoms with Crippen molar-refractivity contribution < 1.29 is 0 Å². The van der Waals surface area contributed by atoms with Crippen LogP contribution >= 0.6 is 11.3 Å². The number of aromatic nitrogens is 2. The lowest BCUT2D eigenvalue weighted by Gasteiger charge is -2.21. The van der Waals surface area contributed by atoms with E-state index >= 15 is 0 Å². The lowest BCUT2D eigenvalue weighted by molar-refractivity contribution is 0.589. The van der Waals surface area contributed by atoms with Crippen LogP contribution in [0, 0.1) is 0 Å². The minimum absolute atomic E-state index is 0.0314. The predicted octanol–water partition coefficient (Wildman–Crippen LogP) is 27.9. The molecule has 19 rings (SSSR count). The highest BCUT2D eigenvalue weighted by Gasteiger charge is 2.41. The molecule has 0 atom stereocenters. The second-order valence-electron chi connectivity index (χ2n) is 36.0. The van der Waals surface area contributed by atoms with Crippen LogP contribution in [0.5, 0.6) is 0 Å². The molecule has 0 unspecified atom stereocenters. The molecule has 15 aromatic rings. The van der Waals surface area contributed by atoms with Crippen molar-refractivity contribution in [1.29, 1.82) is 0 Å². The van der Waals surface area contributed by atoms with Crippen LogP contribution in [0.2, 0.25) is 0 Å². The van der Waals surface area contributed by atoms with Gasteiger partial charge >= 0.3 is 0 Å². The summed E-state index contributed by atoms with van der Waals surface area (Å²) in [6.45, 7) is 37.5. The van der Waals surface area contributed by atoms with Gasteiger partial charge in [0.15, 0.2) is 0 Å². The van der Waals surface area contributed by atoms with Crippen molar-refractivity contribution in [1.82, 2.24) is 9.97 Å². The quantitative estimate of drug-likeness (QED) is 0.155. The fourth-order valence-corrected chi connectivity index (χ4v) is 19.9. The maximum atomic E-state index is 6.14. The van der Waals surface area contributed by atoms with Gasteiger partial charge in [-0.2, -0.15) is 0 Å². The smallest absolute Gasteiger partial charge is 0.109 e. The van der Waals surface area contributed by atoms with E-state index in [1.165, 1.54) is 145 Å². The van der Waals surface area contributed by atoms with Gasteiger partial charge in [-0.15, -0.1) is 11.3 Å². The summed E-state index contributed by atoms with van der Waals surface area (Å²) in [6.07, 6.45) is 0. The first-order valence-electron chi connectivity index (χ1n) is 38.0. The van der Waals surface area contributed by atoms with Crippen molar-refractivity contribution >= 4 is 54.9 Å². The summed E-state index contributed by atoms with van der Waals surface area (Å²) < 4.78 is 0. The van der Waals surface area contributed by atoms with Gasteiger partial charge in [0.2, 0.25) is 0 Å². The summed E-state index contributed by atoms with van der Waals surface area (Å²) in [4.78, 5) is 14.6. The largest absolute Gasteiger partial charge is 0.242 e. The highest BCUT2D eigenvalue weighted by atomic mass is 32.1. The molecule has 4 aliphatic carbocycles. The third-order valence-corrected chi connectivity index (χ3v) is 26.0. The average Bonchev–Trinajstić information content (AvgIpc) is 1.63. The van der Waals surface area contributed by atoms with E-state index in [-0.39, 0.29) is 44.3 Å². The van der Waals surface area contributed by atoms with E-state index in [4.69, 9.17) is 9.97 Å². The SMILES string of the molecule is CC(C)(C)c1ccc2c(c1)-c1cc(C(C)(C)C)ccc1C2c1ccc(-c2ccc3c(c2)c2cc(-c4ccc(C5c6ccc(C(C)(C)C)cc6-c6cc(C(C)(C)C)ccc65)cc4)ccc2c2nc4c(-c5cccc6c5-c5ccccc5C6(C)C)sc(-c5cccc6c5-c5ccccc5C6(C)C)c4nc32)cc1. The van der Waals surface area contributed by atoms with Crippen molar-refractivity contribution in [2.75, 3.05) is 0 Å². The molecule has 0 fully saturated rings. The number of nitrogens with zero attached hydrogens (tertiary/aromatic N) is 2. The Morgan fingerprint density at radius 2 is 0.571 bits per heavy atom. The van der Waals surface area contributed by atoms with Crippen LogP contribution in [0.1, 0.15) is 201 Å². The normalized spacial score (nSPS) is 14.9. The standard InChI is InChI=1S/C102H90N2S/c1-97(2,3)63-41-47-67-79(53-63)80-54-64(98(4,5)6)42-48-68(80)87(67)59-35-31-57(32-36-59)61-39-45-71-77(51-61)78-52-62(58-33-37-60(38-34-58)88-69-49-43-65(99(7,8)9)55-81(69)82-56-66(100(10,11)12)44-50-70(82)88)40-46-72(78)92-91(71)103-93-94(104-92)96(76-26-22-30-86-90(76)74-24-18-20-28-84(74)102(86,15)16)105-95(93)75-25-21-29-85-89(75)73-23-17-19-27-83(73)101(85,13)14/h17-56,87-88H,1-16H3. The van der Waals surface area contributed by atoms with Crippen molar-refractivity contribution in [3.63, 3.8) is 0 Å². The van der Waals surface area contributed by atoms with E-state index in [2.05, 4.69) is 353 Å². The van der Waals surface area contributed by atoms with E-state index in [0.717, 1.165) is 64.5 Å². The number of fused-ring (bicyclic) bond motifs is 19. The molecule has 4 aliphatic rings. The van der Waals surface area contributed by atoms with Gasteiger partial charge in [0.1, 0.15) is 11.0 Å². The maximum absolute atomic E-state index is 6.14. The summed E-state index contributed by atoms with van der Waals surface area (Å²) in [7, 11) is 0. The van der Waals surface area contributed by atoms with Gasteiger partial charge in [-0.25, -0.2) is 9.97 Å². The molecule has 0 bridgehead atoms. The van der Waals surface area contributed by atoms with Gasteiger partial charge in [-0.3, -0.25) is 0 Å². The number of benzene rings is 13. The third-order valence-electron chi connectivity index (χ3n) is 24.7. The summed E-state index contributed by atoms with van der Waals surface area (Å²) in [5, 5.41) is 4.49. The molecule has 2 aromatic heterocycles. The van der Waals surface area contributed by atoms with Gasteiger partial charge in [-0.1, -0.05) is 341 Å². The summed E-state index contributed by atoms with van der Waals surface area (Å²) in [5.41, 5.74) is 40.2. The molecule has 0 saturated carbocycles. The van der Waals surface area contributed by atoms with E-state index < -0.39 is 0 Å². The second kappa shape index (κ2) is 22.6. The highest BCUT2D eigenvalue weighted by molar-refractivity contribution is 7.21. The Labute approximate surface area is 624 Å². The van der Waals surface area contributed by atoms with Crippen LogP contribution in [0.3, 0.4) is 0 Å². The van der Waals surface area contributed by atoms with Gasteiger partial charge in [0.05, 0.1) is 20.8 Å². The van der Waals surface area contributed by atoms with Crippen molar-refractivity contribution in [3.8, 4) is 87.6 Å². The molecule has 0 radical (unpaired) electrons. The van der Waals surface area contributed by atoms with Crippen molar-refractivity contribution in [2.45, 2.75) is 155 Å². The Kier molecular flexibility index (Phi) is 14.1. The monoisotopic (exact) mass is 1370 g/mol. The van der Waals surface area contributed by atoms with Crippen molar-refractivity contribution in [3.05, 3.63) is 321 Å². The molecule has 0 amide bonds. The molecular formula is C102H90N2S. The molecule has 0 N–H and O–H groups in total. The zero-order valence-corrected chi connectivity index (χ0v) is 64.4. The Morgan fingerprint density at radius 1 is 0.267 bits per heavy atom. The van der Waals surface area contributed by atoms with E-state index in [1.54, 1.807) is 0 Å². The van der Waals surface area contributed by atoms with Crippen LogP contribution in [-0.2, 0) is 32.5 Å². The maximum Gasteiger partial charge on any atom is 0.109 e. The van der Waals surface area contributed by atoms with Crippen molar-refractivity contribution in [2.24, 2.45) is 0 Å². The highest BCUT2D eigenvalue weighted by Crippen LogP contribution is 2.59. The fourth-order valence-electron chi connectivity index (χ4n) is 18.7. The predicted molar refractivity (Wildman–Crippen MR) is 447 cm³/mol. The molecule has 2 heterocycles. The van der Waals surface area contributed by atoms with Gasteiger partial charge in [0, 0.05) is 44.6 Å². The van der Waals surface area contributed by atoms with Gasteiger partial charge in [0.25, 0.3) is 0 Å². The van der Waals surface area contributed by atoms with Gasteiger partial charge in [-0.05, 0) is 189 Å². The number of hydrogen-bond donors (Lipinski definition) is 0. The Morgan fingerprint density at radius 3 is 0.905 bits per heavy atom. The van der Waals surface area contributed by atoms with Crippen LogP contribution < -0.4 is 0 Å². The molecule has 3 heteroatoms. The fraction of sp³-hybridized carbons (Fsp3) is 0.235. The lowest BCUT2D eigenvalue weighted by Crippen LogP contribution is -2.14. The van der Waals surface area contributed by atoms with E-state index in [1.807, 2.05) is 11.3 Å². The Hall–Kier alpha value is -10.3. The number of thiophene rings is 1. The molecular weight excluding hydrogens is 1290 g/mol. The first kappa shape index (κ1) is 65.4. The average molecular weight is 1380 g/mol. The zero-order chi connectivity index (χ0) is 72.5. The minimum atomic E-state index is -0.179. The molecule has 105 heavy (non-hydrogen) atoms. The number of hydrogen-bond acceptors (Lipinski definition) is 3. The summed E-state index contributed by atoms with van der Waals surface area (Å²) >= 11 is 1.87. The second-order valence-corrected chi connectivity index (χ2v) is 37.0. The summed E-state index contributed by atoms with van der Waals surface area (Å²) in [6, 6.07) is 94.5. The molecule has 0 spiro atoms. The van der Waals surface area contributed by atoms with E-state index in [9.17, 15) is 0 Å².